The van der Waals surface area contributed by atoms with Crippen molar-refractivity contribution in [2.24, 2.45) is 0 Å². The minimum absolute atomic E-state index is 0.362. The molecule has 0 aliphatic carbocycles. The molecular weight excluding hydrogens is 268 g/mol. The molecule has 0 N–H and O–H groups in total. The van der Waals surface area contributed by atoms with Gasteiger partial charge in [-0.05, 0) is 36.2 Å². The van der Waals surface area contributed by atoms with Crippen molar-refractivity contribution in [1.29, 1.82) is 0 Å². The normalized spacial score (nSPS) is 9.95. The number of hydrogen-bond acceptors (Lipinski definition) is 4. The summed E-state index contributed by atoms with van der Waals surface area (Å²) in [6, 6.07) is 14.0. The predicted molar refractivity (Wildman–Crippen MR) is 78.8 cm³/mol. The van der Waals surface area contributed by atoms with E-state index in [9.17, 15) is 9.59 Å². The van der Waals surface area contributed by atoms with Crippen LogP contribution < -0.4 is 9.47 Å². The highest BCUT2D eigenvalue weighted by molar-refractivity contribution is 5.91. The van der Waals surface area contributed by atoms with Crippen molar-refractivity contribution in [3.63, 3.8) is 0 Å². The fourth-order valence-corrected chi connectivity index (χ4v) is 1.91. The number of carbonyl (C=O) groups excluding carboxylic acids is 2. The first-order valence-corrected chi connectivity index (χ1v) is 6.62. The molecular formula is C17H16O4. The zero-order chi connectivity index (χ0) is 15.1. The van der Waals surface area contributed by atoms with Crippen LogP contribution in [0.4, 0.5) is 0 Å². The number of rotatable bonds is 6. The maximum atomic E-state index is 12.0. The van der Waals surface area contributed by atoms with E-state index in [1.807, 2.05) is 12.1 Å². The number of carbonyl (C=O) groups is 2. The Hall–Kier alpha value is -2.62. The van der Waals surface area contributed by atoms with Crippen LogP contribution in [0.25, 0.3) is 0 Å². The Kier molecular flexibility index (Phi) is 5.10. The van der Waals surface area contributed by atoms with E-state index in [0.29, 0.717) is 29.9 Å². The van der Waals surface area contributed by atoms with Gasteiger partial charge in [-0.15, -0.1) is 0 Å². The topological polar surface area (TPSA) is 52.6 Å². The highest BCUT2D eigenvalue weighted by atomic mass is 16.6. The van der Waals surface area contributed by atoms with Gasteiger partial charge < -0.3 is 14.3 Å². The molecule has 0 radical (unpaired) electrons. The third-order valence-corrected chi connectivity index (χ3v) is 2.99. The van der Waals surface area contributed by atoms with Crippen LogP contribution in [0.15, 0.2) is 48.5 Å². The molecule has 108 valence electrons. The first kappa shape index (κ1) is 14.8. The van der Waals surface area contributed by atoms with Crippen molar-refractivity contribution in [3.8, 4) is 11.5 Å². The minimum Gasteiger partial charge on any atom is -0.493 e. The summed E-state index contributed by atoms with van der Waals surface area (Å²) in [6.07, 6.45) is 1.95. The Morgan fingerprint density at radius 3 is 2.52 bits per heavy atom. The molecule has 0 aliphatic rings. The average Bonchev–Trinajstić information content (AvgIpc) is 2.54. The standard InChI is InChI=1S/C17H16O4/c1-20-16-12-13(6-5-11-18)9-10-15(16)21-17(19)14-7-3-2-4-8-14/h2-4,7-12H,5-6H2,1H3. The van der Waals surface area contributed by atoms with Crippen LogP contribution in [0, 0.1) is 0 Å². The molecule has 0 heterocycles. The third kappa shape index (κ3) is 3.92. The van der Waals surface area contributed by atoms with Gasteiger partial charge in [-0.2, -0.15) is 0 Å². The van der Waals surface area contributed by atoms with Gasteiger partial charge in [-0.1, -0.05) is 24.3 Å². The number of methoxy groups -OCH3 is 1. The molecule has 0 spiro atoms. The van der Waals surface area contributed by atoms with Crippen LogP contribution in [-0.4, -0.2) is 19.4 Å². The number of aldehydes is 1. The lowest BCUT2D eigenvalue weighted by Gasteiger charge is -2.10. The maximum absolute atomic E-state index is 12.0. The number of esters is 1. The van der Waals surface area contributed by atoms with E-state index in [1.54, 1.807) is 36.4 Å². The van der Waals surface area contributed by atoms with E-state index in [-0.39, 0.29) is 0 Å². The Labute approximate surface area is 123 Å². The maximum Gasteiger partial charge on any atom is 0.343 e. The van der Waals surface area contributed by atoms with Gasteiger partial charge >= 0.3 is 5.97 Å². The van der Waals surface area contributed by atoms with E-state index >= 15 is 0 Å². The lowest BCUT2D eigenvalue weighted by atomic mass is 10.1. The summed E-state index contributed by atoms with van der Waals surface area (Å²) in [5.41, 5.74) is 1.43. The molecule has 0 saturated carbocycles. The molecule has 2 aromatic rings. The molecule has 0 unspecified atom stereocenters. The van der Waals surface area contributed by atoms with Crippen LogP contribution in [0.5, 0.6) is 11.5 Å². The van der Waals surface area contributed by atoms with Gasteiger partial charge in [-0.25, -0.2) is 4.79 Å². The Balaban J connectivity index is 2.16. The van der Waals surface area contributed by atoms with Crippen LogP contribution in [-0.2, 0) is 11.2 Å². The highest BCUT2D eigenvalue weighted by Crippen LogP contribution is 2.29. The first-order chi connectivity index (χ1) is 10.2. The lowest BCUT2D eigenvalue weighted by molar-refractivity contribution is -0.107. The fourth-order valence-electron chi connectivity index (χ4n) is 1.91. The van der Waals surface area contributed by atoms with Gasteiger partial charge in [-0.3, -0.25) is 0 Å². The van der Waals surface area contributed by atoms with Crippen LogP contribution in [0.1, 0.15) is 22.3 Å². The zero-order valence-electron chi connectivity index (χ0n) is 11.7. The molecule has 4 nitrogen and oxygen atoms in total. The van der Waals surface area contributed by atoms with Crippen molar-refractivity contribution in [2.75, 3.05) is 7.11 Å². The molecule has 0 fully saturated rings. The summed E-state index contributed by atoms with van der Waals surface area (Å²) in [4.78, 5) is 22.4. The third-order valence-electron chi connectivity index (χ3n) is 2.99. The quantitative estimate of drug-likeness (QED) is 0.465. The number of hydrogen-bond donors (Lipinski definition) is 0. The largest absolute Gasteiger partial charge is 0.493 e. The van der Waals surface area contributed by atoms with Crippen LogP contribution in [0.3, 0.4) is 0 Å². The lowest BCUT2D eigenvalue weighted by Crippen LogP contribution is -2.09. The molecule has 2 aromatic carbocycles. The second-order valence-electron chi connectivity index (χ2n) is 4.45. The van der Waals surface area contributed by atoms with Gasteiger partial charge in [0.15, 0.2) is 11.5 Å². The number of ether oxygens (including phenoxy) is 2. The molecule has 21 heavy (non-hydrogen) atoms. The SMILES string of the molecule is COc1cc(CCC=O)ccc1OC(=O)c1ccccc1. The summed E-state index contributed by atoms with van der Waals surface area (Å²) < 4.78 is 10.6. The van der Waals surface area contributed by atoms with Gasteiger partial charge in [0.1, 0.15) is 6.29 Å². The Morgan fingerprint density at radius 1 is 1.10 bits per heavy atom. The summed E-state index contributed by atoms with van der Waals surface area (Å²) in [5.74, 6) is 0.401. The van der Waals surface area contributed by atoms with E-state index in [4.69, 9.17) is 9.47 Å². The molecule has 0 aromatic heterocycles. The van der Waals surface area contributed by atoms with Gasteiger partial charge in [0.2, 0.25) is 0 Å². The molecule has 4 heteroatoms. The fraction of sp³-hybridized carbons (Fsp3) is 0.176. The summed E-state index contributed by atoms with van der Waals surface area (Å²) in [7, 11) is 1.51. The molecule has 0 bridgehead atoms. The van der Waals surface area contributed by atoms with Crippen molar-refractivity contribution < 1.29 is 19.1 Å². The highest BCUT2D eigenvalue weighted by Gasteiger charge is 2.12. The Bertz CT molecular complexity index is 620. The van der Waals surface area contributed by atoms with Crippen LogP contribution in [0.2, 0.25) is 0 Å². The monoisotopic (exact) mass is 284 g/mol. The minimum atomic E-state index is -0.436. The van der Waals surface area contributed by atoms with Gasteiger partial charge in [0, 0.05) is 6.42 Å². The zero-order valence-corrected chi connectivity index (χ0v) is 11.7. The first-order valence-electron chi connectivity index (χ1n) is 6.62. The molecule has 0 aliphatic heterocycles. The van der Waals surface area contributed by atoms with Crippen LogP contribution >= 0.6 is 0 Å². The van der Waals surface area contributed by atoms with E-state index < -0.39 is 5.97 Å². The van der Waals surface area contributed by atoms with Gasteiger partial charge in [0.25, 0.3) is 0 Å². The van der Waals surface area contributed by atoms with Gasteiger partial charge in [0.05, 0.1) is 12.7 Å². The van der Waals surface area contributed by atoms with Crippen molar-refractivity contribution >= 4 is 12.3 Å². The Morgan fingerprint density at radius 2 is 1.86 bits per heavy atom. The molecule has 0 atom stereocenters. The van der Waals surface area contributed by atoms with Crippen molar-refractivity contribution in [3.05, 3.63) is 59.7 Å². The average molecular weight is 284 g/mol. The smallest absolute Gasteiger partial charge is 0.343 e. The second kappa shape index (κ2) is 7.24. The second-order valence-corrected chi connectivity index (χ2v) is 4.45. The van der Waals surface area contributed by atoms with E-state index in [2.05, 4.69) is 0 Å². The summed E-state index contributed by atoms with van der Waals surface area (Å²) in [5, 5.41) is 0. The summed E-state index contributed by atoms with van der Waals surface area (Å²) >= 11 is 0. The molecule has 2 rings (SSSR count). The van der Waals surface area contributed by atoms with Crippen molar-refractivity contribution in [2.45, 2.75) is 12.8 Å². The van der Waals surface area contributed by atoms with Crippen molar-refractivity contribution in [1.82, 2.24) is 0 Å². The number of aryl methyl sites for hydroxylation is 1. The molecule has 0 amide bonds. The van der Waals surface area contributed by atoms with E-state index in [1.165, 1.54) is 7.11 Å². The predicted octanol–water partition coefficient (Wildman–Crippen LogP) is 3.05. The summed E-state index contributed by atoms with van der Waals surface area (Å²) in [6.45, 7) is 0. The molecule has 0 saturated heterocycles. The van der Waals surface area contributed by atoms with E-state index in [0.717, 1.165) is 11.8 Å². The number of benzene rings is 2.